The number of hydrogen-bond acceptors (Lipinski definition) is 4. The number of allylic oxidation sites excluding steroid dienone is 2. The van der Waals surface area contributed by atoms with Crippen LogP contribution in [-0.4, -0.2) is 23.1 Å². The first-order valence-corrected chi connectivity index (χ1v) is 8.22. The Morgan fingerprint density at radius 2 is 1.96 bits per heavy atom. The number of aromatic nitrogens is 2. The molecule has 1 fully saturated rings. The summed E-state index contributed by atoms with van der Waals surface area (Å²) in [6.45, 7) is 1.70. The van der Waals surface area contributed by atoms with Gasteiger partial charge in [-0.25, -0.2) is 9.97 Å². The maximum atomic E-state index is 9.14. The minimum absolute atomic E-state index is 0.394. The van der Waals surface area contributed by atoms with Gasteiger partial charge in [-0.15, -0.1) is 0 Å². The number of nitrogens with zero attached hydrogens (tertiary/aromatic N) is 4. The third-order valence-corrected chi connectivity index (χ3v) is 4.19. The van der Waals surface area contributed by atoms with Gasteiger partial charge in [0.2, 0.25) is 0 Å². The molecule has 3 rings (SSSR count). The Morgan fingerprint density at radius 3 is 2.71 bits per heavy atom. The third-order valence-electron chi connectivity index (χ3n) is 3.96. The minimum Gasteiger partial charge on any atom is -0.354 e. The molecule has 0 unspecified atom stereocenters. The Morgan fingerprint density at radius 1 is 1.17 bits per heavy atom. The molecule has 0 bridgehead atoms. The predicted octanol–water partition coefficient (Wildman–Crippen LogP) is 4.24. The lowest BCUT2D eigenvalue weighted by atomic mass is 10.0. The van der Waals surface area contributed by atoms with E-state index in [0.717, 1.165) is 36.5 Å². The van der Waals surface area contributed by atoms with Crippen LogP contribution in [0.4, 0.5) is 5.82 Å². The highest BCUT2D eigenvalue weighted by atomic mass is 35.5. The van der Waals surface area contributed by atoms with Crippen molar-refractivity contribution in [2.75, 3.05) is 18.0 Å². The van der Waals surface area contributed by atoms with Crippen molar-refractivity contribution in [3.8, 4) is 6.07 Å². The van der Waals surface area contributed by atoms with Gasteiger partial charge < -0.3 is 4.90 Å². The summed E-state index contributed by atoms with van der Waals surface area (Å²) in [6.07, 6.45) is 11.4. The first-order chi connectivity index (χ1) is 11.8. The van der Waals surface area contributed by atoms with Gasteiger partial charge in [0, 0.05) is 30.5 Å². The van der Waals surface area contributed by atoms with Crippen molar-refractivity contribution in [2.45, 2.75) is 12.8 Å². The second-order valence-electron chi connectivity index (χ2n) is 5.57. The van der Waals surface area contributed by atoms with Gasteiger partial charge >= 0.3 is 0 Å². The van der Waals surface area contributed by atoms with Crippen LogP contribution in [0.25, 0.3) is 6.08 Å². The van der Waals surface area contributed by atoms with Crippen LogP contribution in [0.5, 0.6) is 0 Å². The zero-order valence-corrected chi connectivity index (χ0v) is 13.9. The molecule has 1 saturated heterocycles. The van der Waals surface area contributed by atoms with E-state index >= 15 is 0 Å². The summed E-state index contributed by atoms with van der Waals surface area (Å²) in [5.41, 5.74) is 2.88. The van der Waals surface area contributed by atoms with Crippen molar-refractivity contribution in [2.24, 2.45) is 0 Å². The van der Waals surface area contributed by atoms with E-state index in [1.165, 1.54) is 5.57 Å². The van der Waals surface area contributed by atoms with Crippen LogP contribution >= 0.6 is 11.6 Å². The number of piperidine rings is 1. The fourth-order valence-corrected chi connectivity index (χ4v) is 2.92. The molecule has 5 heteroatoms. The zero-order valence-electron chi connectivity index (χ0n) is 13.2. The molecule has 0 radical (unpaired) electrons. The lowest BCUT2D eigenvalue weighted by Gasteiger charge is -2.29. The first-order valence-electron chi connectivity index (χ1n) is 7.84. The summed E-state index contributed by atoms with van der Waals surface area (Å²) in [5.74, 6) is 0.688. The van der Waals surface area contributed by atoms with E-state index in [1.807, 2.05) is 24.3 Å². The molecule has 120 valence electrons. The zero-order chi connectivity index (χ0) is 16.8. The number of benzene rings is 1. The van der Waals surface area contributed by atoms with Crippen LogP contribution in [-0.2, 0) is 0 Å². The van der Waals surface area contributed by atoms with Crippen molar-refractivity contribution in [3.63, 3.8) is 0 Å². The standard InChI is InChI=1S/C19H17ClN4/c20-17-6-2-5-16(13-17)4-1-3-15-7-11-24(12-8-15)19-18(14-21)22-9-10-23-19/h1-6,9-10,13H,7-8,11-12H2. The fraction of sp³-hybridized carbons (Fsp3) is 0.211. The van der Waals surface area contributed by atoms with Gasteiger partial charge in [0.15, 0.2) is 11.5 Å². The van der Waals surface area contributed by atoms with Crippen molar-refractivity contribution < 1.29 is 0 Å². The van der Waals surface area contributed by atoms with Crippen molar-refractivity contribution >= 4 is 23.5 Å². The molecule has 2 heterocycles. The highest BCUT2D eigenvalue weighted by Gasteiger charge is 2.18. The summed E-state index contributed by atoms with van der Waals surface area (Å²) in [4.78, 5) is 10.5. The van der Waals surface area contributed by atoms with E-state index in [9.17, 15) is 0 Å². The van der Waals surface area contributed by atoms with Crippen molar-refractivity contribution in [3.05, 3.63) is 70.7 Å². The molecule has 0 amide bonds. The SMILES string of the molecule is N#Cc1nccnc1N1CCC(=CC=Cc2cccc(Cl)c2)CC1. The van der Waals surface area contributed by atoms with Gasteiger partial charge in [-0.3, -0.25) is 0 Å². The summed E-state index contributed by atoms with van der Waals surface area (Å²) in [7, 11) is 0. The molecule has 1 aliphatic rings. The predicted molar refractivity (Wildman–Crippen MR) is 96.8 cm³/mol. The van der Waals surface area contributed by atoms with Crippen molar-refractivity contribution in [1.82, 2.24) is 9.97 Å². The first kappa shape index (κ1) is 16.2. The molecule has 0 aliphatic carbocycles. The minimum atomic E-state index is 0.394. The van der Waals surface area contributed by atoms with E-state index in [2.05, 4.69) is 39.2 Å². The average molecular weight is 337 g/mol. The molecular formula is C19H17ClN4. The highest BCUT2D eigenvalue weighted by Crippen LogP contribution is 2.23. The van der Waals surface area contributed by atoms with Gasteiger partial charge in [0.25, 0.3) is 0 Å². The number of rotatable bonds is 3. The third kappa shape index (κ3) is 4.01. The summed E-state index contributed by atoms with van der Waals surface area (Å²) in [5, 5.41) is 9.88. The van der Waals surface area contributed by atoms with Gasteiger partial charge in [-0.05, 0) is 30.5 Å². The van der Waals surface area contributed by atoms with E-state index in [0.29, 0.717) is 11.5 Å². The Hall–Kier alpha value is -2.64. The van der Waals surface area contributed by atoms with Crippen LogP contribution in [0.3, 0.4) is 0 Å². The van der Waals surface area contributed by atoms with E-state index < -0.39 is 0 Å². The molecule has 0 saturated carbocycles. The molecule has 0 atom stereocenters. The van der Waals surface area contributed by atoms with Gasteiger partial charge in [0.1, 0.15) is 6.07 Å². The molecule has 1 aliphatic heterocycles. The van der Waals surface area contributed by atoms with Gasteiger partial charge in [-0.1, -0.05) is 47.5 Å². The van der Waals surface area contributed by atoms with Crippen LogP contribution in [0.15, 0.2) is 54.4 Å². The number of nitriles is 1. The molecular weight excluding hydrogens is 320 g/mol. The number of halogens is 1. The van der Waals surface area contributed by atoms with Crippen LogP contribution in [0.2, 0.25) is 5.02 Å². The largest absolute Gasteiger partial charge is 0.354 e. The summed E-state index contributed by atoms with van der Waals surface area (Å²) in [6, 6.07) is 9.89. The van der Waals surface area contributed by atoms with Crippen molar-refractivity contribution in [1.29, 1.82) is 5.26 Å². The van der Waals surface area contributed by atoms with Gasteiger partial charge in [0.05, 0.1) is 0 Å². The molecule has 0 N–H and O–H groups in total. The molecule has 1 aromatic heterocycles. The second-order valence-corrected chi connectivity index (χ2v) is 6.00. The molecule has 0 spiro atoms. The van der Waals surface area contributed by atoms with E-state index in [4.69, 9.17) is 16.9 Å². The Kier molecular flexibility index (Phi) is 5.25. The number of hydrogen-bond donors (Lipinski definition) is 0. The molecule has 1 aromatic carbocycles. The lowest BCUT2D eigenvalue weighted by Crippen LogP contribution is -2.32. The summed E-state index contributed by atoms with van der Waals surface area (Å²) >= 11 is 5.98. The monoisotopic (exact) mass is 336 g/mol. The summed E-state index contributed by atoms with van der Waals surface area (Å²) < 4.78 is 0. The second kappa shape index (κ2) is 7.76. The smallest absolute Gasteiger partial charge is 0.183 e. The topological polar surface area (TPSA) is 52.8 Å². The van der Waals surface area contributed by atoms with Crippen LogP contribution in [0.1, 0.15) is 24.1 Å². The molecule has 2 aromatic rings. The Bertz CT molecular complexity index is 810. The average Bonchev–Trinajstić information content (AvgIpc) is 2.62. The Balaban J connectivity index is 1.62. The normalized spacial score (nSPS) is 14.7. The van der Waals surface area contributed by atoms with Gasteiger partial charge in [-0.2, -0.15) is 5.26 Å². The molecule has 4 nitrogen and oxygen atoms in total. The van der Waals surface area contributed by atoms with E-state index in [1.54, 1.807) is 12.4 Å². The lowest BCUT2D eigenvalue weighted by molar-refractivity contribution is 0.674. The molecule has 24 heavy (non-hydrogen) atoms. The fourth-order valence-electron chi connectivity index (χ4n) is 2.72. The van der Waals surface area contributed by atoms with Crippen LogP contribution < -0.4 is 4.90 Å². The van der Waals surface area contributed by atoms with Crippen LogP contribution in [0, 0.1) is 11.3 Å². The number of anilines is 1. The Labute approximate surface area is 146 Å². The maximum Gasteiger partial charge on any atom is 0.183 e. The van der Waals surface area contributed by atoms with E-state index in [-0.39, 0.29) is 0 Å². The maximum absolute atomic E-state index is 9.14. The highest BCUT2D eigenvalue weighted by molar-refractivity contribution is 6.30. The quantitative estimate of drug-likeness (QED) is 0.841.